The van der Waals surface area contributed by atoms with Gasteiger partial charge >= 0.3 is 5.97 Å². The summed E-state index contributed by atoms with van der Waals surface area (Å²) in [6, 6.07) is 0.0965. The standard InChI is InChI=1S/C14H24N2O4.ClH/c1-2-20-14(18)11-4-3-6-16(9-11)13(17)8-12-10-19-7-5-15-12;/h11-12,15H,2-10H2,1H3;1H. The molecule has 2 rings (SSSR count). The van der Waals surface area contributed by atoms with Gasteiger partial charge in [0.1, 0.15) is 0 Å². The smallest absolute Gasteiger partial charge is 0.310 e. The maximum Gasteiger partial charge on any atom is 0.310 e. The molecule has 0 aromatic rings. The summed E-state index contributed by atoms with van der Waals surface area (Å²) >= 11 is 0. The molecule has 0 saturated carbocycles. The lowest BCUT2D eigenvalue weighted by atomic mass is 9.97. The maximum absolute atomic E-state index is 12.3. The number of hydrogen-bond acceptors (Lipinski definition) is 5. The largest absolute Gasteiger partial charge is 0.466 e. The fourth-order valence-corrected chi connectivity index (χ4v) is 2.75. The lowest BCUT2D eigenvalue weighted by Crippen LogP contribution is -2.48. The molecule has 122 valence electrons. The summed E-state index contributed by atoms with van der Waals surface area (Å²) in [5, 5.41) is 3.28. The molecule has 2 heterocycles. The number of morpholine rings is 1. The first-order valence-electron chi connectivity index (χ1n) is 7.46. The Morgan fingerprint density at radius 1 is 1.43 bits per heavy atom. The Morgan fingerprint density at radius 3 is 2.90 bits per heavy atom. The van der Waals surface area contributed by atoms with E-state index in [1.165, 1.54) is 0 Å². The van der Waals surface area contributed by atoms with Crippen LogP contribution in [0.15, 0.2) is 0 Å². The van der Waals surface area contributed by atoms with E-state index >= 15 is 0 Å². The van der Waals surface area contributed by atoms with Crippen molar-refractivity contribution in [2.75, 3.05) is 39.5 Å². The first kappa shape index (κ1) is 18.2. The summed E-state index contributed by atoms with van der Waals surface area (Å²) < 4.78 is 10.4. The zero-order valence-corrected chi connectivity index (χ0v) is 13.3. The van der Waals surface area contributed by atoms with Crippen molar-refractivity contribution in [1.29, 1.82) is 0 Å². The summed E-state index contributed by atoms with van der Waals surface area (Å²) in [5.41, 5.74) is 0. The first-order valence-corrected chi connectivity index (χ1v) is 7.46. The van der Waals surface area contributed by atoms with Crippen molar-refractivity contribution >= 4 is 24.3 Å². The van der Waals surface area contributed by atoms with Crippen molar-refractivity contribution in [3.63, 3.8) is 0 Å². The van der Waals surface area contributed by atoms with Gasteiger partial charge in [-0.15, -0.1) is 12.4 Å². The van der Waals surface area contributed by atoms with Crippen LogP contribution in [0.4, 0.5) is 0 Å². The van der Waals surface area contributed by atoms with Crippen LogP contribution in [0, 0.1) is 5.92 Å². The second-order valence-electron chi connectivity index (χ2n) is 5.36. The number of likely N-dealkylation sites (tertiary alicyclic amines) is 1. The fourth-order valence-electron chi connectivity index (χ4n) is 2.75. The SMILES string of the molecule is CCOC(=O)C1CCCN(C(=O)CC2COCCN2)C1.Cl. The Labute approximate surface area is 131 Å². The van der Waals surface area contributed by atoms with Gasteiger partial charge in [-0.1, -0.05) is 0 Å². The first-order chi connectivity index (χ1) is 9.70. The van der Waals surface area contributed by atoms with Crippen molar-refractivity contribution in [2.24, 2.45) is 5.92 Å². The van der Waals surface area contributed by atoms with E-state index in [-0.39, 0.29) is 36.2 Å². The van der Waals surface area contributed by atoms with Crippen LogP contribution in [0.5, 0.6) is 0 Å². The van der Waals surface area contributed by atoms with Crippen molar-refractivity contribution in [1.82, 2.24) is 10.2 Å². The molecule has 7 heteroatoms. The normalized spacial score (nSPS) is 25.9. The van der Waals surface area contributed by atoms with Crippen LogP contribution in [-0.2, 0) is 19.1 Å². The number of nitrogens with one attached hydrogen (secondary N) is 1. The zero-order chi connectivity index (χ0) is 14.4. The van der Waals surface area contributed by atoms with Crippen molar-refractivity contribution in [3.8, 4) is 0 Å². The fraction of sp³-hybridized carbons (Fsp3) is 0.857. The Balaban J connectivity index is 0.00000220. The summed E-state index contributed by atoms with van der Waals surface area (Å²) in [6.07, 6.45) is 2.12. The maximum atomic E-state index is 12.3. The summed E-state index contributed by atoms with van der Waals surface area (Å²) in [5.74, 6) is -0.241. The minimum Gasteiger partial charge on any atom is -0.466 e. The number of halogens is 1. The quantitative estimate of drug-likeness (QED) is 0.768. The van der Waals surface area contributed by atoms with Gasteiger partial charge < -0.3 is 19.7 Å². The van der Waals surface area contributed by atoms with Gasteiger partial charge in [-0.05, 0) is 19.8 Å². The van der Waals surface area contributed by atoms with Crippen molar-refractivity contribution in [2.45, 2.75) is 32.2 Å². The van der Waals surface area contributed by atoms with Gasteiger partial charge in [0.2, 0.25) is 5.91 Å². The number of amides is 1. The molecule has 2 fully saturated rings. The lowest BCUT2D eigenvalue weighted by molar-refractivity contribution is -0.151. The Hall–Kier alpha value is -0.850. The highest BCUT2D eigenvalue weighted by Gasteiger charge is 2.30. The van der Waals surface area contributed by atoms with Crippen LogP contribution >= 0.6 is 12.4 Å². The van der Waals surface area contributed by atoms with E-state index in [1.54, 1.807) is 11.8 Å². The number of ether oxygens (including phenoxy) is 2. The molecule has 6 nitrogen and oxygen atoms in total. The second-order valence-corrected chi connectivity index (χ2v) is 5.36. The molecule has 21 heavy (non-hydrogen) atoms. The molecule has 0 spiro atoms. The van der Waals surface area contributed by atoms with Crippen molar-refractivity contribution in [3.05, 3.63) is 0 Å². The number of carbonyl (C=O) groups excluding carboxylic acids is 2. The molecular weight excluding hydrogens is 296 g/mol. The minimum atomic E-state index is -0.177. The van der Waals surface area contributed by atoms with Gasteiger partial charge in [-0.25, -0.2) is 0 Å². The van der Waals surface area contributed by atoms with Crippen LogP contribution in [-0.4, -0.2) is 62.3 Å². The monoisotopic (exact) mass is 320 g/mol. The zero-order valence-electron chi connectivity index (χ0n) is 12.5. The number of piperidine rings is 1. The predicted octanol–water partition coefficient (Wildman–Crippen LogP) is 0.588. The second kappa shape index (κ2) is 9.23. The van der Waals surface area contributed by atoms with Gasteiger partial charge in [0.25, 0.3) is 0 Å². The lowest BCUT2D eigenvalue weighted by Gasteiger charge is -2.33. The molecule has 1 N–H and O–H groups in total. The summed E-state index contributed by atoms with van der Waals surface area (Å²) in [4.78, 5) is 25.8. The van der Waals surface area contributed by atoms with Gasteiger partial charge in [-0.3, -0.25) is 9.59 Å². The van der Waals surface area contributed by atoms with E-state index in [1.807, 2.05) is 0 Å². The molecule has 0 radical (unpaired) electrons. The van der Waals surface area contributed by atoms with E-state index in [4.69, 9.17) is 9.47 Å². The van der Waals surface area contributed by atoms with Crippen LogP contribution in [0.3, 0.4) is 0 Å². The summed E-state index contributed by atoms with van der Waals surface area (Å²) in [6.45, 7) is 5.52. The van der Waals surface area contributed by atoms with E-state index in [2.05, 4.69) is 5.32 Å². The topological polar surface area (TPSA) is 67.9 Å². The van der Waals surface area contributed by atoms with Gasteiger partial charge in [0.15, 0.2) is 0 Å². The highest BCUT2D eigenvalue weighted by molar-refractivity contribution is 5.85. The Morgan fingerprint density at radius 2 is 2.24 bits per heavy atom. The third-order valence-corrected chi connectivity index (χ3v) is 3.81. The molecule has 2 atom stereocenters. The number of rotatable bonds is 4. The number of nitrogens with zero attached hydrogens (tertiary/aromatic N) is 1. The molecule has 0 aliphatic carbocycles. The minimum absolute atomic E-state index is 0. The average Bonchev–Trinajstić information content (AvgIpc) is 2.48. The molecule has 2 saturated heterocycles. The molecule has 1 amide bonds. The number of carbonyl (C=O) groups is 2. The number of hydrogen-bond donors (Lipinski definition) is 1. The highest BCUT2D eigenvalue weighted by atomic mass is 35.5. The number of esters is 1. The van der Waals surface area contributed by atoms with E-state index in [0.29, 0.717) is 32.8 Å². The third kappa shape index (κ3) is 5.45. The van der Waals surface area contributed by atoms with E-state index < -0.39 is 0 Å². The van der Waals surface area contributed by atoms with Gasteiger partial charge in [0.05, 0.1) is 25.7 Å². The molecular formula is C14H25ClN2O4. The molecule has 0 bridgehead atoms. The predicted molar refractivity (Wildman–Crippen MR) is 80.4 cm³/mol. The Bertz CT molecular complexity index is 348. The van der Waals surface area contributed by atoms with Gasteiger partial charge in [0, 0.05) is 32.1 Å². The Kier molecular flexibility index (Phi) is 8.00. The van der Waals surface area contributed by atoms with Crippen LogP contribution in [0.25, 0.3) is 0 Å². The van der Waals surface area contributed by atoms with Crippen molar-refractivity contribution < 1.29 is 19.1 Å². The average molecular weight is 321 g/mol. The molecule has 2 aliphatic heterocycles. The van der Waals surface area contributed by atoms with Gasteiger partial charge in [-0.2, -0.15) is 0 Å². The van der Waals surface area contributed by atoms with E-state index in [0.717, 1.165) is 25.9 Å². The molecule has 2 aliphatic rings. The summed E-state index contributed by atoms with van der Waals surface area (Å²) in [7, 11) is 0. The van der Waals surface area contributed by atoms with Crippen LogP contribution < -0.4 is 5.32 Å². The van der Waals surface area contributed by atoms with Crippen LogP contribution in [0.2, 0.25) is 0 Å². The third-order valence-electron chi connectivity index (χ3n) is 3.81. The molecule has 2 unspecified atom stereocenters. The molecule has 0 aromatic carbocycles. The van der Waals surface area contributed by atoms with Crippen LogP contribution in [0.1, 0.15) is 26.2 Å². The highest BCUT2D eigenvalue weighted by Crippen LogP contribution is 2.19. The molecule has 0 aromatic heterocycles. The van der Waals surface area contributed by atoms with E-state index in [9.17, 15) is 9.59 Å².